The van der Waals surface area contributed by atoms with E-state index in [-0.39, 0.29) is 13.1 Å². The van der Waals surface area contributed by atoms with Gasteiger partial charge in [-0.15, -0.1) is 11.3 Å². The molecule has 0 fully saturated rings. The SMILES string of the molecule is CCN(Cc1ccc(C(=O)NN)s1)CC(F)(F)F. The molecule has 8 heteroatoms. The lowest BCUT2D eigenvalue weighted by Crippen LogP contribution is -2.33. The summed E-state index contributed by atoms with van der Waals surface area (Å²) in [7, 11) is 0. The molecule has 3 N–H and O–H groups in total. The molecule has 1 heterocycles. The number of hydrogen-bond donors (Lipinski definition) is 2. The van der Waals surface area contributed by atoms with Gasteiger partial charge < -0.3 is 0 Å². The maximum absolute atomic E-state index is 12.3. The van der Waals surface area contributed by atoms with E-state index in [0.29, 0.717) is 9.75 Å². The van der Waals surface area contributed by atoms with Crippen LogP contribution in [-0.2, 0) is 6.54 Å². The van der Waals surface area contributed by atoms with E-state index >= 15 is 0 Å². The summed E-state index contributed by atoms with van der Waals surface area (Å²) in [6, 6.07) is 3.18. The van der Waals surface area contributed by atoms with Crippen LogP contribution in [0, 0.1) is 0 Å². The zero-order valence-electron chi connectivity index (χ0n) is 9.75. The van der Waals surface area contributed by atoms with Crippen LogP contribution in [0.25, 0.3) is 0 Å². The van der Waals surface area contributed by atoms with Crippen molar-refractivity contribution in [3.8, 4) is 0 Å². The first-order valence-corrected chi connectivity index (χ1v) is 6.06. The predicted octanol–water partition coefficient (Wildman–Crippen LogP) is 1.74. The van der Waals surface area contributed by atoms with Crippen molar-refractivity contribution in [2.45, 2.75) is 19.6 Å². The van der Waals surface area contributed by atoms with Crippen LogP contribution in [0.15, 0.2) is 12.1 Å². The number of halogens is 3. The molecule has 0 saturated heterocycles. The van der Waals surface area contributed by atoms with Gasteiger partial charge in [-0.1, -0.05) is 6.92 Å². The molecule has 0 aromatic carbocycles. The van der Waals surface area contributed by atoms with Crippen molar-refractivity contribution in [1.82, 2.24) is 10.3 Å². The Balaban J connectivity index is 2.65. The topological polar surface area (TPSA) is 58.4 Å². The number of nitrogens with zero attached hydrogens (tertiary/aromatic N) is 1. The van der Waals surface area contributed by atoms with Crippen LogP contribution in [0.4, 0.5) is 13.2 Å². The molecule has 1 rings (SSSR count). The van der Waals surface area contributed by atoms with Gasteiger partial charge in [-0.3, -0.25) is 15.1 Å². The van der Waals surface area contributed by atoms with Crippen molar-refractivity contribution in [2.24, 2.45) is 5.84 Å². The lowest BCUT2D eigenvalue weighted by atomic mass is 10.3. The maximum Gasteiger partial charge on any atom is 0.401 e. The highest BCUT2D eigenvalue weighted by molar-refractivity contribution is 7.14. The number of hydrazine groups is 1. The van der Waals surface area contributed by atoms with Crippen LogP contribution in [0.5, 0.6) is 0 Å². The number of nitrogens with two attached hydrogens (primary N) is 1. The highest BCUT2D eigenvalue weighted by atomic mass is 32.1. The van der Waals surface area contributed by atoms with Crippen molar-refractivity contribution in [1.29, 1.82) is 0 Å². The highest BCUT2D eigenvalue weighted by Crippen LogP contribution is 2.21. The van der Waals surface area contributed by atoms with Gasteiger partial charge in [0.25, 0.3) is 5.91 Å². The molecule has 0 spiro atoms. The molecule has 102 valence electrons. The fourth-order valence-electron chi connectivity index (χ4n) is 1.41. The van der Waals surface area contributed by atoms with Crippen LogP contribution in [-0.4, -0.2) is 30.1 Å². The molecule has 0 aliphatic heterocycles. The highest BCUT2D eigenvalue weighted by Gasteiger charge is 2.30. The van der Waals surface area contributed by atoms with E-state index in [1.807, 2.05) is 5.43 Å². The number of nitrogen functional groups attached to an aromatic ring is 1. The summed E-state index contributed by atoms with van der Waals surface area (Å²) in [6.07, 6.45) is -4.22. The van der Waals surface area contributed by atoms with Gasteiger partial charge in [-0.2, -0.15) is 13.2 Å². The van der Waals surface area contributed by atoms with Crippen LogP contribution >= 0.6 is 11.3 Å². The second-order valence-electron chi connectivity index (χ2n) is 3.66. The van der Waals surface area contributed by atoms with Crippen molar-refractivity contribution in [2.75, 3.05) is 13.1 Å². The fraction of sp³-hybridized carbons (Fsp3) is 0.500. The number of rotatable bonds is 5. The Morgan fingerprint density at radius 1 is 1.50 bits per heavy atom. The number of hydrogen-bond acceptors (Lipinski definition) is 4. The molecule has 0 atom stereocenters. The molecule has 0 bridgehead atoms. The first-order valence-electron chi connectivity index (χ1n) is 5.24. The Morgan fingerprint density at radius 3 is 2.67 bits per heavy atom. The van der Waals surface area contributed by atoms with E-state index in [2.05, 4.69) is 0 Å². The summed E-state index contributed by atoms with van der Waals surface area (Å²) in [5.41, 5.74) is 1.98. The van der Waals surface area contributed by atoms with E-state index in [1.54, 1.807) is 19.1 Å². The van der Waals surface area contributed by atoms with Gasteiger partial charge in [-0.25, -0.2) is 5.84 Å². The minimum atomic E-state index is -4.22. The van der Waals surface area contributed by atoms with E-state index in [4.69, 9.17) is 5.84 Å². The summed E-state index contributed by atoms with van der Waals surface area (Å²) in [4.78, 5) is 13.5. The average Bonchev–Trinajstić information content (AvgIpc) is 2.73. The molecular weight excluding hydrogens is 267 g/mol. The van der Waals surface area contributed by atoms with E-state index in [0.717, 1.165) is 11.3 Å². The van der Waals surface area contributed by atoms with E-state index < -0.39 is 18.6 Å². The Labute approximate surface area is 107 Å². The number of carbonyl (C=O) groups excluding carboxylic acids is 1. The molecule has 4 nitrogen and oxygen atoms in total. The monoisotopic (exact) mass is 281 g/mol. The second kappa shape index (κ2) is 6.17. The van der Waals surface area contributed by atoms with E-state index in [9.17, 15) is 18.0 Å². The fourth-order valence-corrected chi connectivity index (χ4v) is 2.36. The molecule has 1 aromatic heterocycles. The molecule has 0 unspecified atom stereocenters. The number of nitrogens with one attached hydrogen (secondary N) is 1. The van der Waals surface area contributed by atoms with Crippen LogP contribution < -0.4 is 11.3 Å². The normalized spacial score (nSPS) is 11.9. The third-order valence-corrected chi connectivity index (χ3v) is 3.31. The van der Waals surface area contributed by atoms with Crippen molar-refractivity contribution in [3.05, 3.63) is 21.9 Å². The summed E-state index contributed by atoms with van der Waals surface area (Å²) in [5, 5.41) is 0. The summed E-state index contributed by atoms with van der Waals surface area (Å²) < 4.78 is 36.8. The Hall–Kier alpha value is -1.12. The first-order chi connectivity index (χ1) is 8.35. The van der Waals surface area contributed by atoms with Crippen molar-refractivity contribution >= 4 is 17.2 Å². The smallest absolute Gasteiger partial charge is 0.290 e. The number of thiophene rings is 1. The van der Waals surface area contributed by atoms with Gasteiger partial charge in [0.15, 0.2) is 0 Å². The maximum atomic E-state index is 12.3. The molecule has 0 aliphatic rings. The second-order valence-corrected chi connectivity index (χ2v) is 4.83. The van der Waals surface area contributed by atoms with Crippen molar-refractivity contribution in [3.63, 3.8) is 0 Å². The third-order valence-electron chi connectivity index (χ3n) is 2.25. The van der Waals surface area contributed by atoms with Crippen LogP contribution in [0.2, 0.25) is 0 Å². The van der Waals surface area contributed by atoms with Crippen LogP contribution in [0.1, 0.15) is 21.5 Å². The van der Waals surface area contributed by atoms with Gasteiger partial charge >= 0.3 is 6.18 Å². The molecule has 0 radical (unpaired) electrons. The minimum Gasteiger partial charge on any atom is -0.290 e. The van der Waals surface area contributed by atoms with Gasteiger partial charge in [-0.05, 0) is 18.7 Å². The molecular formula is C10H14F3N3OS. The zero-order chi connectivity index (χ0) is 13.8. The molecule has 18 heavy (non-hydrogen) atoms. The van der Waals surface area contributed by atoms with Crippen molar-refractivity contribution < 1.29 is 18.0 Å². The third kappa shape index (κ3) is 4.63. The average molecular weight is 281 g/mol. The van der Waals surface area contributed by atoms with Gasteiger partial charge in [0, 0.05) is 11.4 Å². The first kappa shape index (κ1) is 14.9. The van der Waals surface area contributed by atoms with E-state index in [1.165, 1.54) is 4.90 Å². The van der Waals surface area contributed by atoms with Gasteiger partial charge in [0.05, 0.1) is 11.4 Å². The predicted molar refractivity (Wildman–Crippen MR) is 63.0 cm³/mol. The summed E-state index contributed by atoms with van der Waals surface area (Å²) in [6.45, 7) is 1.15. The Morgan fingerprint density at radius 2 is 2.17 bits per heavy atom. The summed E-state index contributed by atoms with van der Waals surface area (Å²) in [5.74, 6) is 4.53. The lowest BCUT2D eigenvalue weighted by Gasteiger charge is -2.20. The molecule has 0 saturated carbocycles. The summed E-state index contributed by atoms with van der Waals surface area (Å²) >= 11 is 1.13. The Kier molecular flexibility index (Phi) is 5.12. The number of amides is 1. The quantitative estimate of drug-likeness (QED) is 0.491. The number of carbonyl (C=O) groups is 1. The molecule has 1 amide bonds. The largest absolute Gasteiger partial charge is 0.401 e. The number of alkyl halides is 3. The Bertz CT molecular complexity index is 405. The molecule has 1 aromatic rings. The van der Waals surface area contributed by atoms with Gasteiger partial charge in [0.2, 0.25) is 0 Å². The molecule has 0 aliphatic carbocycles. The van der Waals surface area contributed by atoms with Crippen LogP contribution in [0.3, 0.4) is 0 Å². The van der Waals surface area contributed by atoms with Gasteiger partial charge in [0.1, 0.15) is 0 Å². The zero-order valence-corrected chi connectivity index (χ0v) is 10.6. The lowest BCUT2D eigenvalue weighted by molar-refractivity contribution is -0.146. The minimum absolute atomic E-state index is 0.165. The standard InChI is InChI=1S/C10H14F3N3OS/c1-2-16(6-10(11,12)13)5-7-3-4-8(18-7)9(17)15-14/h3-4H,2,5-6,14H2,1H3,(H,15,17).